The van der Waals surface area contributed by atoms with Gasteiger partial charge in [-0.3, -0.25) is 14.4 Å². The van der Waals surface area contributed by atoms with Crippen LogP contribution in [-0.2, 0) is 4.79 Å². The van der Waals surface area contributed by atoms with Gasteiger partial charge in [0.2, 0.25) is 0 Å². The molecule has 0 spiro atoms. The molecule has 0 fully saturated rings. The minimum atomic E-state index is -0.850. The predicted molar refractivity (Wildman–Crippen MR) is 119 cm³/mol. The lowest BCUT2D eigenvalue weighted by atomic mass is 9.84. The first-order valence-corrected chi connectivity index (χ1v) is 10.2. The quantitative estimate of drug-likeness (QED) is 0.287. The SMILES string of the molecule is COc1ccc2occ(C3CC(=O)Oc4ccc(C(=O)c5ccccc5)c(O)c43)c(=O)c2c1. The molecule has 2 heterocycles. The maximum atomic E-state index is 13.3. The van der Waals surface area contributed by atoms with Crippen LogP contribution in [0.15, 0.2) is 76.1 Å². The Labute approximate surface area is 187 Å². The van der Waals surface area contributed by atoms with Crippen LogP contribution in [0.3, 0.4) is 0 Å². The van der Waals surface area contributed by atoms with E-state index >= 15 is 0 Å². The van der Waals surface area contributed by atoms with E-state index in [1.165, 1.54) is 25.5 Å². The van der Waals surface area contributed by atoms with Crippen LogP contribution in [0.2, 0.25) is 0 Å². The normalized spacial score (nSPS) is 15.1. The summed E-state index contributed by atoms with van der Waals surface area (Å²) in [7, 11) is 1.49. The number of ether oxygens (including phenoxy) is 2. The Bertz CT molecular complexity index is 1470. The highest BCUT2D eigenvalue weighted by molar-refractivity contribution is 6.11. The van der Waals surface area contributed by atoms with Crippen LogP contribution in [0, 0.1) is 0 Å². The number of fused-ring (bicyclic) bond motifs is 2. The molecule has 0 aliphatic carbocycles. The average molecular weight is 442 g/mol. The maximum Gasteiger partial charge on any atom is 0.312 e. The number of hydrogen-bond acceptors (Lipinski definition) is 7. The number of ketones is 1. The summed E-state index contributed by atoms with van der Waals surface area (Å²) in [4.78, 5) is 38.7. The van der Waals surface area contributed by atoms with Gasteiger partial charge in [-0.15, -0.1) is 0 Å². The lowest BCUT2D eigenvalue weighted by Gasteiger charge is -2.26. The number of rotatable bonds is 4. The van der Waals surface area contributed by atoms with Crippen LogP contribution in [0.1, 0.15) is 39.4 Å². The predicted octanol–water partition coefficient (Wildman–Crippen LogP) is 4.18. The highest BCUT2D eigenvalue weighted by atomic mass is 16.5. The molecular formula is C26H18O7. The third-order valence-electron chi connectivity index (χ3n) is 5.78. The first-order valence-electron chi connectivity index (χ1n) is 10.2. The van der Waals surface area contributed by atoms with E-state index in [0.717, 1.165) is 0 Å². The second kappa shape index (κ2) is 7.94. The summed E-state index contributed by atoms with van der Waals surface area (Å²) in [6, 6.07) is 16.2. The Balaban J connectivity index is 1.69. The fraction of sp³-hybridized carbons (Fsp3) is 0.115. The molecule has 0 saturated heterocycles. The number of carbonyl (C=O) groups excluding carboxylic acids is 2. The van der Waals surface area contributed by atoms with E-state index in [2.05, 4.69) is 0 Å². The molecule has 1 aliphatic rings. The van der Waals surface area contributed by atoms with Crippen LogP contribution in [0.4, 0.5) is 0 Å². The molecule has 0 amide bonds. The van der Waals surface area contributed by atoms with Crippen molar-refractivity contribution in [1.82, 2.24) is 0 Å². The third kappa shape index (κ3) is 3.43. The topological polar surface area (TPSA) is 103 Å². The molecule has 3 aromatic carbocycles. The van der Waals surface area contributed by atoms with Crippen molar-refractivity contribution < 1.29 is 28.6 Å². The largest absolute Gasteiger partial charge is 0.507 e. The van der Waals surface area contributed by atoms with Crippen LogP contribution < -0.4 is 14.9 Å². The zero-order valence-electron chi connectivity index (χ0n) is 17.5. The molecule has 1 unspecified atom stereocenters. The Hall–Kier alpha value is -4.39. The van der Waals surface area contributed by atoms with Crippen molar-refractivity contribution in [1.29, 1.82) is 0 Å². The summed E-state index contributed by atoms with van der Waals surface area (Å²) in [6.45, 7) is 0. The number of phenols is 1. The summed E-state index contributed by atoms with van der Waals surface area (Å²) >= 11 is 0. The molecular weight excluding hydrogens is 424 g/mol. The van der Waals surface area contributed by atoms with Crippen LogP contribution >= 0.6 is 0 Å². The highest BCUT2D eigenvalue weighted by Crippen LogP contribution is 2.45. The zero-order valence-corrected chi connectivity index (χ0v) is 17.5. The maximum absolute atomic E-state index is 13.3. The Morgan fingerprint density at radius 1 is 1.06 bits per heavy atom. The summed E-state index contributed by atoms with van der Waals surface area (Å²) in [5, 5.41) is 11.4. The smallest absolute Gasteiger partial charge is 0.312 e. The zero-order chi connectivity index (χ0) is 23.1. The first kappa shape index (κ1) is 20.5. The van der Waals surface area contributed by atoms with Gasteiger partial charge in [-0.25, -0.2) is 0 Å². The lowest BCUT2D eigenvalue weighted by Crippen LogP contribution is -2.25. The van der Waals surface area contributed by atoms with Crippen molar-refractivity contribution in [3.63, 3.8) is 0 Å². The molecule has 7 heteroatoms. The van der Waals surface area contributed by atoms with Gasteiger partial charge in [-0.2, -0.15) is 0 Å². The van der Waals surface area contributed by atoms with Gasteiger partial charge in [-0.05, 0) is 30.3 Å². The molecule has 5 rings (SSSR count). The van der Waals surface area contributed by atoms with E-state index in [4.69, 9.17) is 13.9 Å². The van der Waals surface area contributed by atoms with Gasteiger partial charge in [0.15, 0.2) is 11.2 Å². The number of aromatic hydroxyl groups is 1. The number of phenolic OH excluding ortho intramolecular Hbond substituents is 1. The minimum absolute atomic E-state index is 0.0507. The molecule has 1 aromatic heterocycles. The van der Waals surface area contributed by atoms with Crippen LogP contribution in [-0.4, -0.2) is 24.0 Å². The summed E-state index contributed by atoms with van der Waals surface area (Å²) in [5.41, 5.74) is 0.823. The molecule has 1 aliphatic heterocycles. The molecule has 1 atom stereocenters. The minimum Gasteiger partial charge on any atom is -0.507 e. The number of hydrogen-bond donors (Lipinski definition) is 1. The molecule has 1 N–H and O–H groups in total. The van der Waals surface area contributed by atoms with Gasteiger partial charge in [0.25, 0.3) is 0 Å². The van der Waals surface area contributed by atoms with E-state index in [0.29, 0.717) is 16.9 Å². The summed E-state index contributed by atoms with van der Waals surface area (Å²) in [5.74, 6) is -1.54. The summed E-state index contributed by atoms with van der Waals surface area (Å²) in [6.07, 6.45) is 1.10. The van der Waals surface area contributed by atoms with Gasteiger partial charge in [0, 0.05) is 22.6 Å². The average Bonchev–Trinajstić information content (AvgIpc) is 2.84. The molecule has 0 saturated carbocycles. The number of benzene rings is 3. The molecule has 0 bridgehead atoms. The van der Waals surface area contributed by atoms with Gasteiger partial charge in [0.05, 0.1) is 30.7 Å². The third-order valence-corrected chi connectivity index (χ3v) is 5.78. The summed E-state index contributed by atoms with van der Waals surface area (Å²) < 4.78 is 16.2. The number of carbonyl (C=O) groups is 2. The van der Waals surface area contributed by atoms with E-state index in [9.17, 15) is 19.5 Å². The van der Waals surface area contributed by atoms with Crippen molar-refractivity contribution in [2.45, 2.75) is 12.3 Å². The Kier molecular flexibility index (Phi) is 4.94. The van der Waals surface area contributed by atoms with Crippen molar-refractivity contribution in [3.8, 4) is 17.2 Å². The Morgan fingerprint density at radius 2 is 1.85 bits per heavy atom. The van der Waals surface area contributed by atoms with E-state index in [1.807, 2.05) is 0 Å². The van der Waals surface area contributed by atoms with Crippen molar-refractivity contribution >= 4 is 22.7 Å². The molecule has 7 nitrogen and oxygen atoms in total. The second-order valence-corrected chi connectivity index (χ2v) is 7.68. The number of esters is 1. The molecule has 4 aromatic rings. The van der Waals surface area contributed by atoms with Gasteiger partial charge in [-0.1, -0.05) is 30.3 Å². The highest BCUT2D eigenvalue weighted by Gasteiger charge is 2.35. The van der Waals surface area contributed by atoms with E-state index < -0.39 is 11.9 Å². The van der Waals surface area contributed by atoms with Crippen LogP contribution in [0.5, 0.6) is 17.2 Å². The molecule has 33 heavy (non-hydrogen) atoms. The fourth-order valence-corrected chi connectivity index (χ4v) is 4.13. The van der Waals surface area contributed by atoms with Crippen LogP contribution in [0.25, 0.3) is 11.0 Å². The van der Waals surface area contributed by atoms with Gasteiger partial charge < -0.3 is 19.0 Å². The second-order valence-electron chi connectivity index (χ2n) is 7.68. The van der Waals surface area contributed by atoms with E-state index in [1.54, 1.807) is 48.5 Å². The van der Waals surface area contributed by atoms with Crippen molar-refractivity contribution in [2.24, 2.45) is 0 Å². The fourth-order valence-electron chi connectivity index (χ4n) is 4.13. The lowest BCUT2D eigenvalue weighted by molar-refractivity contribution is -0.135. The number of methoxy groups -OCH3 is 1. The van der Waals surface area contributed by atoms with Gasteiger partial charge in [0.1, 0.15) is 22.8 Å². The monoisotopic (exact) mass is 442 g/mol. The first-order chi connectivity index (χ1) is 16.0. The van der Waals surface area contributed by atoms with Gasteiger partial charge >= 0.3 is 5.97 Å². The standard InChI is InChI=1S/C26H18O7/c1-31-15-7-9-20-18(11-15)25(29)19(13-32-20)17-12-22(27)33-21-10-8-16(26(30)23(17)21)24(28)14-5-3-2-4-6-14/h2-11,13,17,30H,12H2,1H3. The molecule has 164 valence electrons. The molecule has 0 radical (unpaired) electrons. The van der Waals surface area contributed by atoms with Crippen molar-refractivity contribution in [2.75, 3.05) is 7.11 Å². The van der Waals surface area contributed by atoms with E-state index in [-0.39, 0.29) is 51.2 Å². The van der Waals surface area contributed by atoms with Crippen molar-refractivity contribution in [3.05, 3.63) is 99.4 Å². The Morgan fingerprint density at radius 3 is 2.61 bits per heavy atom.